The van der Waals surface area contributed by atoms with Crippen molar-refractivity contribution in [3.05, 3.63) is 60.1 Å². The standard InChI is InChI=1S/C21H23N5/c1-6-15(7-2)17-11-13(3)24-26-19(14(4)23-21(17)26)18-12-16-9-8-10-22-20(16)25(18)5/h6,8-12,15H,1,7H2,2-5H3. The third-order valence-corrected chi connectivity index (χ3v) is 5.06. The van der Waals surface area contributed by atoms with Crippen molar-refractivity contribution in [1.82, 2.24) is 24.1 Å². The van der Waals surface area contributed by atoms with Crippen molar-refractivity contribution in [3.8, 4) is 11.4 Å². The number of pyridine rings is 1. The van der Waals surface area contributed by atoms with Crippen molar-refractivity contribution in [2.24, 2.45) is 7.05 Å². The van der Waals surface area contributed by atoms with Gasteiger partial charge in [-0.25, -0.2) is 14.5 Å². The summed E-state index contributed by atoms with van der Waals surface area (Å²) in [7, 11) is 2.04. The molecule has 0 radical (unpaired) electrons. The predicted molar refractivity (Wildman–Crippen MR) is 105 cm³/mol. The summed E-state index contributed by atoms with van der Waals surface area (Å²) in [5.74, 6) is 0.267. The number of aryl methyl sites for hydroxylation is 3. The first kappa shape index (κ1) is 16.5. The Balaban J connectivity index is 2.06. The molecule has 1 atom stereocenters. The Hall–Kier alpha value is -2.95. The van der Waals surface area contributed by atoms with Crippen LogP contribution in [-0.2, 0) is 7.05 Å². The van der Waals surface area contributed by atoms with E-state index in [0.29, 0.717) is 0 Å². The number of hydrogen-bond acceptors (Lipinski definition) is 3. The molecule has 0 saturated carbocycles. The average molecular weight is 345 g/mol. The summed E-state index contributed by atoms with van der Waals surface area (Å²) in [5, 5.41) is 5.90. The van der Waals surface area contributed by atoms with E-state index in [4.69, 9.17) is 10.1 Å². The van der Waals surface area contributed by atoms with Gasteiger partial charge in [0.1, 0.15) is 11.3 Å². The van der Waals surface area contributed by atoms with E-state index in [1.54, 1.807) is 0 Å². The lowest BCUT2D eigenvalue weighted by Gasteiger charge is -2.13. The van der Waals surface area contributed by atoms with Crippen LogP contribution in [0.5, 0.6) is 0 Å². The van der Waals surface area contributed by atoms with Crippen LogP contribution in [0.2, 0.25) is 0 Å². The molecule has 0 amide bonds. The van der Waals surface area contributed by atoms with Crippen molar-refractivity contribution in [2.75, 3.05) is 0 Å². The lowest BCUT2D eigenvalue weighted by molar-refractivity contribution is 0.785. The van der Waals surface area contributed by atoms with Gasteiger partial charge in [-0.05, 0) is 44.5 Å². The fraction of sp³-hybridized carbons (Fsp3) is 0.286. The second-order valence-corrected chi connectivity index (χ2v) is 6.78. The van der Waals surface area contributed by atoms with Gasteiger partial charge >= 0.3 is 0 Å². The second-order valence-electron chi connectivity index (χ2n) is 6.78. The first-order valence-electron chi connectivity index (χ1n) is 8.95. The summed E-state index contributed by atoms with van der Waals surface area (Å²) in [6, 6.07) is 8.33. The average Bonchev–Trinajstić information content (AvgIpc) is 3.13. The van der Waals surface area contributed by atoms with Crippen LogP contribution in [0.3, 0.4) is 0 Å². The molecule has 0 aliphatic carbocycles. The molecule has 4 aromatic heterocycles. The van der Waals surface area contributed by atoms with Gasteiger partial charge in [0.15, 0.2) is 5.65 Å². The Bertz CT molecular complexity index is 1130. The van der Waals surface area contributed by atoms with Crippen LogP contribution < -0.4 is 0 Å². The van der Waals surface area contributed by atoms with Gasteiger partial charge in [0.2, 0.25) is 0 Å². The molecule has 0 aliphatic heterocycles. The summed E-state index contributed by atoms with van der Waals surface area (Å²) >= 11 is 0. The highest BCUT2D eigenvalue weighted by molar-refractivity contribution is 5.84. The zero-order valence-corrected chi connectivity index (χ0v) is 15.7. The van der Waals surface area contributed by atoms with E-state index in [-0.39, 0.29) is 5.92 Å². The van der Waals surface area contributed by atoms with Gasteiger partial charge < -0.3 is 4.57 Å². The number of aromatic nitrogens is 5. The van der Waals surface area contributed by atoms with Gasteiger partial charge in [-0.1, -0.05) is 13.0 Å². The number of imidazole rings is 1. The Morgan fingerprint density at radius 2 is 2.04 bits per heavy atom. The van der Waals surface area contributed by atoms with Crippen LogP contribution in [0.4, 0.5) is 0 Å². The summed E-state index contributed by atoms with van der Waals surface area (Å²) in [4.78, 5) is 9.39. The highest BCUT2D eigenvalue weighted by atomic mass is 15.3. The maximum atomic E-state index is 4.88. The number of fused-ring (bicyclic) bond motifs is 2. The summed E-state index contributed by atoms with van der Waals surface area (Å²) in [6.45, 7) is 10.3. The van der Waals surface area contributed by atoms with Crippen LogP contribution in [0.15, 0.2) is 43.1 Å². The zero-order valence-electron chi connectivity index (χ0n) is 15.7. The summed E-state index contributed by atoms with van der Waals surface area (Å²) in [5.41, 5.74) is 7.08. The molecular weight excluding hydrogens is 322 g/mol. The SMILES string of the molecule is C=CC(CC)c1cc(C)nn2c(-c3cc4cccnc4n3C)c(C)nc12. The van der Waals surface area contributed by atoms with Gasteiger partial charge in [0.25, 0.3) is 0 Å². The molecule has 26 heavy (non-hydrogen) atoms. The molecule has 0 fully saturated rings. The molecule has 0 saturated heterocycles. The Labute approximate surface area is 153 Å². The molecule has 0 aliphatic rings. The third kappa shape index (κ3) is 2.35. The summed E-state index contributed by atoms with van der Waals surface area (Å²) < 4.78 is 4.10. The monoisotopic (exact) mass is 345 g/mol. The van der Waals surface area contributed by atoms with Crippen molar-refractivity contribution >= 4 is 16.7 Å². The molecular formula is C21H23N5. The topological polar surface area (TPSA) is 48.0 Å². The highest BCUT2D eigenvalue weighted by Crippen LogP contribution is 2.32. The van der Waals surface area contributed by atoms with E-state index >= 15 is 0 Å². The summed E-state index contributed by atoms with van der Waals surface area (Å²) in [6.07, 6.45) is 4.81. The lowest BCUT2D eigenvalue weighted by Crippen LogP contribution is -2.05. The number of rotatable bonds is 4. The van der Waals surface area contributed by atoms with E-state index in [0.717, 1.165) is 45.9 Å². The molecule has 4 aromatic rings. The van der Waals surface area contributed by atoms with E-state index in [1.807, 2.05) is 43.7 Å². The van der Waals surface area contributed by atoms with Gasteiger partial charge in [0, 0.05) is 30.1 Å². The minimum atomic E-state index is 0.267. The van der Waals surface area contributed by atoms with E-state index in [9.17, 15) is 0 Å². The highest BCUT2D eigenvalue weighted by Gasteiger charge is 2.21. The molecule has 5 nitrogen and oxygen atoms in total. The van der Waals surface area contributed by atoms with Crippen molar-refractivity contribution in [2.45, 2.75) is 33.1 Å². The van der Waals surface area contributed by atoms with Crippen LogP contribution in [0.1, 0.15) is 36.2 Å². The normalized spacial score (nSPS) is 12.8. The minimum absolute atomic E-state index is 0.267. The third-order valence-electron chi connectivity index (χ3n) is 5.06. The predicted octanol–water partition coefficient (Wildman–Crippen LogP) is 4.58. The Morgan fingerprint density at radius 3 is 2.73 bits per heavy atom. The first-order valence-corrected chi connectivity index (χ1v) is 8.95. The molecule has 0 N–H and O–H groups in total. The van der Waals surface area contributed by atoms with Crippen LogP contribution in [0, 0.1) is 13.8 Å². The fourth-order valence-electron chi connectivity index (χ4n) is 3.75. The molecule has 0 bridgehead atoms. The van der Waals surface area contributed by atoms with Gasteiger partial charge in [-0.2, -0.15) is 5.10 Å². The van der Waals surface area contributed by atoms with Crippen molar-refractivity contribution < 1.29 is 0 Å². The lowest BCUT2D eigenvalue weighted by atomic mass is 9.97. The first-order chi connectivity index (χ1) is 12.5. The smallest absolute Gasteiger partial charge is 0.158 e. The van der Waals surface area contributed by atoms with E-state index < -0.39 is 0 Å². The fourth-order valence-corrected chi connectivity index (χ4v) is 3.75. The van der Waals surface area contributed by atoms with Crippen LogP contribution >= 0.6 is 0 Å². The Kier molecular flexibility index (Phi) is 3.87. The molecule has 5 heteroatoms. The molecule has 0 spiro atoms. The molecule has 1 unspecified atom stereocenters. The quantitative estimate of drug-likeness (QED) is 0.509. The van der Waals surface area contributed by atoms with Gasteiger partial charge in [-0.15, -0.1) is 6.58 Å². The van der Waals surface area contributed by atoms with Crippen molar-refractivity contribution in [1.29, 1.82) is 0 Å². The molecule has 0 aromatic carbocycles. The molecule has 132 valence electrons. The van der Waals surface area contributed by atoms with Crippen LogP contribution in [-0.4, -0.2) is 24.1 Å². The Morgan fingerprint density at radius 1 is 1.23 bits per heavy atom. The van der Waals surface area contributed by atoms with Gasteiger partial charge in [0.05, 0.1) is 17.1 Å². The maximum Gasteiger partial charge on any atom is 0.158 e. The van der Waals surface area contributed by atoms with E-state index in [1.165, 1.54) is 5.56 Å². The molecule has 4 rings (SSSR count). The second kappa shape index (κ2) is 6.09. The van der Waals surface area contributed by atoms with E-state index in [2.05, 4.69) is 41.3 Å². The maximum absolute atomic E-state index is 4.88. The largest absolute Gasteiger partial charge is 0.327 e. The molecule has 4 heterocycles. The minimum Gasteiger partial charge on any atom is -0.327 e. The van der Waals surface area contributed by atoms with Crippen LogP contribution in [0.25, 0.3) is 28.1 Å². The van der Waals surface area contributed by atoms with Crippen molar-refractivity contribution in [3.63, 3.8) is 0 Å². The number of nitrogens with zero attached hydrogens (tertiary/aromatic N) is 5. The van der Waals surface area contributed by atoms with Gasteiger partial charge in [-0.3, -0.25) is 0 Å². The number of allylic oxidation sites excluding steroid dienone is 1. The zero-order chi connectivity index (χ0) is 18.4. The number of hydrogen-bond donors (Lipinski definition) is 0.